The van der Waals surface area contributed by atoms with Crippen molar-refractivity contribution in [2.24, 2.45) is 0 Å². The molecular weight excluding hydrogens is 244 g/mol. The number of hydrogen-bond donors (Lipinski definition) is 1. The minimum Gasteiger partial charge on any atom is -0.453 e. The van der Waals surface area contributed by atoms with Gasteiger partial charge in [0, 0.05) is 0 Å². The van der Waals surface area contributed by atoms with Gasteiger partial charge in [0.1, 0.15) is 11.8 Å². The molecule has 0 saturated carbocycles. The van der Waals surface area contributed by atoms with E-state index in [4.69, 9.17) is 15.7 Å². The third-order valence-electron chi connectivity index (χ3n) is 2.64. The van der Waals surface area contributed by atoms with Crippen LogP contribution >= 0.6 is 0 Å². The van der Waals surface area contributed by atoms with E-state index in [1.54, 1.807) is 36.4 Å². The zero-order valence-corrected chi connectivity index (χ0v) is 9.70. The third-order valence-corrected chi connectivity index (χ3v) is 2.64. The fraction of sp³-hybridized carbons (Fsp3) is 0. The number of hydrogen-bond acceptors (Lipinski definition) is 6. The zero-order valence-electron chi connectivity index (χ0n) is 9.70. The Morgan fingerprint density at radius 3 is 2.68 bits per heavy atom. The first kappa shape index (κ1) is 11.0. The van der Waals surface area contributed by atoms with Crippen LogP contribution in [-0.4, -0.2) is 10.3 Å². The summed E-state index contributed by atoms with van der Waals surface area (Å²) in [4.78, 5) is 0. The fourth-order valence-corrected chi connectivity index (χ4v) is 1.71. The SMILES string of the molecule is N#Cc1ccccc1Oc1ccc(N)c2nonc12. The lowest BCUT2D eigenvalue weighted by Gasteiger charge is -2.07. The molecule has 0 aliphatic rings. The second-order valence-electron chi connectivity index (χ2n) is 3.82. The molecule has 0 unspecified atom stereocenters. The Morgan fingerprint density at radius 1 is 1.05 bits per heavy atom. The number of anilines is 1. The van der Waals surface area contributed by atoms with Crippen molar-refractivity contribution in [2.75, 3.05) is 5.73 Å². The van der Waals surface area contributed by atoms with Crippen LogP contribution in [0.3, 0.4) is 0 Å². The van der Waals surface area contributed by atoms with Gasteiger partial charge in [0.05, 0.1) is 11.3 Å². The molecule has 19 heavy (non-hydrogen) atoms. The summed E-state index contributed by atoms with van der Waals surface area (Å²) in [5, 5.41) is 16.5. The van der Waals surface area contributed by atoms with Crippen LogP contribution in [0.1, 0.15) is 5.56 Å². The lowest BCUT2D eigenvalue weighted by atomic mass is 10.2. The summed E-state index contributed by atoms with van der Waals surface area (Å²) in [5.74, 6) is 0.882. The van der Waals surface area contributed by atoms with Crippen LogP contribution in [0.4, 0.5) is 5.69 Å². The van der Waals surface area contributed by atoms with Crippen LogP contribution in [0.2, 0.25) is 0 Å². The summed E-state index contributed by atoms with van der Waals surface area (Å²) in [6.07, 6.45) is 0. The maximum absolute atomic E-state index is 9.02. The van der Waals surface area contributed by atoms with Gasteiger partial charge in [0.15, 0.2) is 16.8 Å². The van der Waals surface area contributed by atoms with Crippen LogP contribution in [0.25, 0.3) is 11.0 Å². The van der Waals surface area contributed by atoms with Gasteiger partial charge in [-0.1, -0.05) is 12.1 Å². The van der Waals surface area contributed by atoms with Crippen molar-refractivity contribution in [3.8, 4) is 17.6 Å². The first-order valence-corrected chi connectivity index (χ1v) is 5.47. The average molecular weight is 252 g/mol. The Balaban J connectivity index is 2.09. The molecular formula is C13H8N4O2. The summed E-state index contributed by atoms with van der Waals surface area (Å²) in [6.45, 7) is 0. The standard InChI is InChI=1S/C13H8N4O2/c14-7-8-3-1-2-4-10(8)18-11-6-5-9(15)12-13(11)17-19-16-12/h1-6H,15H2. The number of fused-ring (bicyclic) bond motifs is 1. The van der Waals surface area contributed by atoms with Crippen molar-refractivity contribution < 1.29 is 9.37 Å². The van der Waals surface area contributed by atoms with Gasteiger partial charge in [-0.15, -0.1) is 0 Å². The number of benzene rings is 2. The quantitative estimate of drug-likeness (QED) is 0.703. The Kier molecular flexibility index (Phi) is 2.50. The van der Waals surface area contributed by atoms with Gasteiger partial charge in [-0.25, -0.2) is 4.63 Å². The molecule has 0 atom stereocenters. The molecule has 0 spiro atoms. The zero-order chi connectivity index (χ0) is 13.2. The number of para-hydroxylation sites is 1. The van der Waals surface area contributed by atoms with E-state index in [1.165, 1.54) is 0 Å². The normalized spacial score (nSPS) is 10.3. The first-order valence-electron chi connectivity index (χ1n) is 5.47. The Hall–Kier alpha value is -3.07. The van der Waals surface area contributed by atoms with E-state index in [9.17, 15) is 0 Å². The maximum Gasteiger partial charge on any atom is 0.179 e. The summed E-state index contributed by atoms with van der Waals surface area (Å²) in [7, 11) is 0. The molecule has 0 saturated heterocycles. The molecule has 2 aromatic carbocycles. The molecule has 92 valence electrons. The molecule has 0 radical (unpaired) electrons. The molecule has 3 rings (SSSR count). The van der Waals surface area contributed by atoms with Gasteiger partial charge in [-0.2, -0.15) is 5.26 Å². The second kappa shape index (κ2) is 4.31. The maximum atomic E-state index is 9.02. The van der Waals surface area contributed by atoms with E-state index >= 15 is 0 Å². The van der Waals surface area contributed by atoms with E-state index in [0.29, 0.717) is 33.8 Å². The Bertz CT molecular complexity index is 789. The van der Waals surface area contributed by atoms with E-state index < -0.39 is 0 Å². The van der Waals surface area contributed by atoms with Crippen LogP contribution in [0.15, 0.2) is 41.0 Å². The lowest BCUT2D eigenvalue weighted by Crippen LogP contribution is -1.91. The van der Waals surface area contributed by atoms with Gasteiger partial charge in [-0.3, -0.25) is 0 Å². The predicted octanol–water partition coefficient (Wildman–Crippen LogP) is 2.47. The van der Waals surface area contributed by atoms with Crippen molar-refractivity contribution in [2.45, 2.75) is 0 Å². The molecule has 0 fully saturated rings. The van der Waals surface area contributed by atoms with Crippen molar-refractivity contribution in [3.63, 3.8) is 0 Å². The molecule has 3 aromatic rings. The van der Waals surface area contributed by atoms with E-state index in [0.717, 1.165) is 0 Å². The molecule has 0 aliphatic carbocycles. The third kappa shape index (κ3) is 1.83. The first-order chi connectivity index (χ1) is 9.29. The Morgan fingerprint density at radius 2 is 1.84 bits per heavy atom. The molecule has 0 amide bonds. The monoisotopic (exact) mass is 252 g/mol. The minimum absolute atomic E-state index is 0.424. The average Bonchev–Trinajstić information content (AvgIpc) is 2.93. The molecule has 1 aromatic heterocycles. The number of nitrogens with two attached hydrogens (primary N) is 1. The highest BCUT2D eigenvalue weighted by Crippen LogP contribution is 2.32. The molecule has 2 N–H and O–H groups in total. The number of rotatable bonds is 2. The highest BCUT2D eigenvalue weighted by Gasteiger charge is 2.13. The number of aromatic nitrogens is 2. The van der Waals surface area contributed by atoms with Crippen LogP contribution in [0.5, 0.6) is 11.5 Å². The smallest absolute Gasteiger partial charge is 0.179 e. The predicted molar refractivity (Wildman–Crippen MR) is 67.4 cm³/mol. The second-order valence-corrected chi connectivity index (χ2v) is 3.82. The summed E-state index contributed by atoms with van der Waals surface area (Å²) < 4.78 is 10.3. The van der Waals surface area contributed by atoms with Crippen LogP contribution in [-0.2, 0) is 0 Å². The van der Waals surface area contributed by atoms with Crippen LogP contribution in [0, 0.1) is 11.3 Å². The van der Waals surface area contributed by atoms with Crippen molar-refractivity contribution in [1.29, 1.82) is 5.26 Å². The minimum atomic E-state index is 0.424. The topological polar surface area (TPSA) is 98.0 Å². The van der Waals surface area contributed by atoms with E-state index in [2.05, 4.69) is 21.0 Å². The highest BCUT2D eigenvalue weighted by atomic mass is 16.6. The molecule has 0 aliphatic heterocycles. The largest absolute Gasteiger partial charge is 0.453 e. The number of nitriles is 1. The molecule has 6 nitrogen and oxygen atoms in total. The highest BCUT2D eigenvalue weighted by molar-refractivity contribution is 5.90. The lowest BCUT2D eigenvalue weighted by molar-refractivity contribution is 0.314. The Labute approximate surface area is 108 Å². The van der Waals surface area contributed by atoms with Crippen LogP contribution < -0.4 is 10.5 Å². The van der Waals surface area contributed by atoms with Crippen molar-refractivity contribution >= 4 is 16.7 Å². The summed E-state index contributed by atoms with van der Waals surface area (Å²) in [5.41, 5.74) is 7.50. The van der Waals surface area contributed by atoms with Gasteiger partial charge < -0.3 is 10.5 Å². The van der Waals surface area contributed by atoms with Crippen molar-refractivity contribution in [3.05, 3.63) is 42.0 Å². The van der Waals surface area contributed by atoms with E-state index in [1.807, 2.05) is 0 Å². The summed E-state index contributed by atoms with van der Waals surface area (Å²) in [6, 6.07) is 12.3. The van der Waals surface area contributed by atoms with Crippen molar-refractivity contribution in [1.82, 2.24) is 10.3 Å². The molecule has 1 heterocycles. The molecule has 6 heteroatoms. The van der Waals surface area contributed by atoms with Gasteiger partial charge in [0.2, 0.25) is 0 Å². The van der Waals surface area contributed by atoms with E-state index in [-0.39, 0.29) is 0 Å². The fourth-order valence-electron chi connectivity index (χ4n) is 1.71. The number of ether oxygens (including phenoxy) is 1. The summed E-state index contributed by atoms with van der Waals surface area (Å²) >= 11 is 0. The van der Waals surface area contributed by atoms with Gasteiger partial charge in [-0.05, 0) is 34.6 Å². The number of nitrogens with zero attached hydrogens (tertiary/aromatic N) is 3. The van der Waals surface area contributed by atoms with Gasteiger partial charge in [0.25, 0.3) is 0 Å². The number of nitrogen functional groups attached to an aromatic ring is 1. The van der Waals surface area contributed by atoms with Gasteiger partial charge >= 0.3 is 0 Å². The molecule has 0 bridgehead atoms.